The van der Waals surface area contributed by atoms with Crippen LogP contribution in [0.1, 0.15) is 51.0 Å². The number of hydrogen-bond acceptors (Lipinski definition) is 4. The minimum absolute atomic E-state index is 0. The lowest BCUT2D eigenvalue weighted by molar-refractivity contribution is -0.119. The quantitative estimate of drug-likeness (QED) is 0.435. The van der Waals surface area contributed by atoms with Gasteiger partial charge in [-0.05, 0) is 55.9 Å². The Kier molecular flexibility index (Phi) is 9.84. The van der Waals surface area contributed by atoms with Crippen molar-refractivity contribution in [1.82, 2.24) is 16.0 Å². The van der Waals surface area contributed by atoms with Gasteiger partial charge >= 0.3 is 6.03 Å². The van der Waals surface area contributed by atoms with Crippen LogP contribution in [0.15, 0.2) is 60.3 Å². The molecular weight excluding hydrogens is 512 g/mol. The highest BCUT2D eigenvalue weighted by atomic mass is 35.5. The molecule has 7 nitrogen and oxygen atoms in total. The van der Waals surface area contributed by atoms with Crippen LogP contribution in [0.25, 0.3) is 0 Å². The molecule has 0 aromatic heterocycles. The predicted molar refractivity (Wildman–Crippen MR) is 144 cm³/mol. The van der Waals surface area contributed by atoms with Gasteiger partial charge in [-0.25, -0.2) is 13.6 Å². The average molecular weight is 544 g/mol. The van der Waals surface area contributed by atoms with Crippen molar-refractivity contribution in [3.63, 3.8) is 0 Å². The van der Waals surface area contributed by atoms with E-state index >= 15 is 0 Å². The second kappa shape index (κ2) is 12.9. The molecular formula is C28H32ClF2N5O2. The number of rotatable bonds is 8. The molecule has 0 spiro atoms. The highest BCUT2D eigenvalue weighted by molar-refractivity contribution is 5.95. The third-order valence-corrected chi connectivity index (χ3v) is 7.16. The van der Waals surface area contributed by atoms with Crippen LogP contribution in [-0.4, -0.2) is 30.7 Å². The van der Waals surface area contributed by atoms with E-state index in [-0.39, 0.29) is 30.6 Å². The standard InChI is InChI=1S/C28H31F2N5O2.ClH/c1-2-21-17-25(34-27(37)33-21)35(24-9-8-20(29)16-23(24)30)26(36)12-15-32-22-10-13-28(18-31,14-11-22)19-6-4-3-5-7-19;/h3-9,16-17,22,25,32H,2,10-15H2,1H3,(H2,33,34,37);1H. The lowest BCUT2D eigenvalue weighted by Crippen LogP contribution is -2.56. The Morgan fingerprint density at radius 2 is 1.89 bits per heavy atom. The Hall–Kier alpha value is -3.48. The summed E-state index contributed by atoms with van der Waals surface area (Å²) in [7, 11) is 0. The molecule has 0 bridgehead atoms. The molecule has 1 aliphatic heterocycles. The van der Waals surface area contributed by atoms with Gasteiger partial charge in [-0.2, -0.15) is 5.26 Å². The Balaban J connectivity index is 0.00000400. The van der Waals surface area contributed by atoms with E-state index in [4.69, 9.17) is 0 Å². The van der Waals surface area contributed by atoms with E-state index in [0.717, 1.165) is 43.4 Å². The maximum absolute atomic E-state index is 14.7. The molecule has 10 heteroatoms. The van der Waals surface area contributed by atoms with Crippen molar-refractivity contribution in [2.75, 3.05) is 11.4 Å². The van der Waals surface area contributed by atoms with E-state index in [1.165, 1.54) is 11.0 Å². The van der Waals surface area contributed by atoms with E-state index in [1.807, 2.05) is 37.3 Å². The Morgan fingerprint density at radius 3 is 2.53 bits per heavy atom. The minimum atomic E-state index is -0.909. The van der Waals surface area contributed by atoms with Crippen LogP contribution in [-0.2, 0) is 10.2 Å². The molecule has 1 saturated carbocycles. The maximum Gasteiger partial charge on any atom is 0.320 e. The number of nitriles is 1. The summed E-state index contributed by atoms with van der Waals surface area (Å²) in [6.45, 7) is 2.20. The summed E-state index contributed by atoms with van der Waals surface area (Å²) in [6.07, 6.45) is 4.34. The van der Waals surface area contributed by atoms with Crippen molar-refractivity contribution in [3.05, 3.63) is 77.5 Å². The fourth-order valence-electron chi connectivity index (χ4n) is 5.09. The molecule has 1 atom stereocenters. The van der Waals surface area contributed by atoms with Gasteiger partial charge in [0.25, 0.3) is 0 Å². The first-order valence-electron chi connectivity index (χ1n) is 12.6. The number of nitrogens with one attached hydrogen (secondary N) is 3. The van der Waals surface area contributed by atoms with Crippen LogP contribution in [0.4, 0.5) is 19.3 Å². The van der Waals surface area contributed by atoms with Crippen LogP contribution < -0.4 is 20.9 Å². The summed E-state index contributed by atoms with van der Waals surface area (Å²) < 4.78 is 28.3. The number of benzene rings is 2. The second-order valence-corrected chi connectivity index (χ2v) is 9.49. The van der Waals surface area contributed by atoms with Gasteiger partial charge in [0.05, 0.1) is 17.2 Å². The number of halogens is 3. The molecule has 1 unspecified atom stereocenters. The molecule has 3 amide bonds. The molecule has 0 saturated heterocycles. The summed E-state index contributed by atoms with van der Waals surface area (Å²) in [4.78, 5) is 26.7. The topological polar surface area (TPSA) is 97.3 Å². The second-order valence-electron chi connectivity index (χ2n) is 9.49. The largest absolute Gasteiger partial charge is 0.320 e. The van der Waals surface area contributed by atoms with Crippen LogP contribution in [0.2, 0.25) is 0 Å². The first-order chi connectivity index (χ1) is 17.8. The van der Waals surface area contributed by atoms with E-state index in [1.54, 1.807) is 6.08 Å². The van der Waals surface area contributed by atoms with E-state index in [0.29, 0.717) is 18.7 Å². The van der Waals surface area contributed by atoms with E-state index in [2.05, 4.69) is 22.0 Å². The van der Waals surface area contributed by atoms with Gasteiger partial charge < -0.3 is 16.0 Å². The molecule has 2 aromatic rings. The zero-order valence-corrected chi connectivity index (χ0v) is 22.0. The molecule has 1 heterocycles. The van der Waals surface area contributed by atoms with E-state index in [9.17, 15) is 23.6 Å². The zero-order valence-electron chi connectivity index (χ0n) is 21.2. The molecule has 4 rings (SSSR count). The van der Waals surface area contributed by atoms with E-state index < -0.39 is 35.2 Å². The van der Waals surface area contributed by atoms with Crippen molar-refractivity contribution >= 4 is 30.0 Å². The van der Waals surface area contributed by atoms with Crippen molar-refractivity contribution < 1.29 is 18.4 Å². The fraction of sp³-hybridized carbons (Fsp3) is 0.393. The Labute approximate surface area is 227 Å². The number of anilines is 1. The van der Waals surface area contributed by atoms with Crippen LogP contribution in [0, 0.1) is 23.0 Å². The van der Waals surface area contributed by atoms with Crippen molar-refractivity contribution in [2.24, 2.45) is 0 Å². The highest BCUT2D eigenvalue weighted by Gasteiger charge is 2.37. The van der Waals surface area contributed by atoms with Crippen molar-refractivity contribution in [3.8, 4) is 6.07 Å². The van der Waals surface area contributed by atoms with Gasteiger partial charge in [-0.3, -0.25) is 9.69 Å². The number of carbonyl (C=O) groups is 2. The Morgan fingerprint density at radius 1 is 1.18 bits per heavy atom. The highest BCUT2D eigenvalue weighted by Crippen LogP contribution is 2.39. The molecule has 1 aliphatic carbocycles. The fourth-order valence-corrected chi connectivity index (χ4v) is 5.09. The lowest BCUT2D eigenvalue weighted by atomic mass is 9.69. The third kappa shape index (κ3) is 6.50. The van der Waals surface area contributed by atoms with Gasteiger partial charge in [0.15, 0.2) is 0 Å². The molecule has 2 aromatic carbocycles. The van der Waals surface area contributed by atoms with Crippen LogP contribution in [0.5, 0.6) is 0 Å². The van der Waals surface area contributed by atoms with Crippen LogP contribution in [0.3, 0.4) is 0 Å². The predicted octanol–water partition coefficient (Wildman–Crippen LogP) is 5.04. The van der Waals surface area contributed by atoms with Gasteiger partial charge in [0.2, 0.25) is 5.91 Å². The molecule has 1 fully saturated rings. The number of carbonyl (C=O) groups excluding carboxylic acids is 2. The maximum atomic E-state index is 14.7. The Bertz CT molecular complexity index is 1210. The first kappa shape index (κ1) is 29.1. The SMILES string of the molecule is CCC1=CC(N(C(=O)CCNC2CCC(C#N)(c3ccccc3)CC2)c2ccc(F)cc2F)NC(=O)N1.Cl. The molecule has 202 valence electrons. The number of nitrogens with zero attached hydrogens (tertiary/aromatic N) is 2. The number of urea groups is 1. The molecule has 3 N–H and O–H groups in total. The summed E-state index contributed by atoms with van der Waals surface area (Å²) in [5.41, 5.74) is 1.04. The van der Waals surface area contributed by atoms with Gasteiger partial charge in [0, 0.05) is 30.8 Å². The summed E-state index contributed by atoms with van der Waals surface area (Å²) in [6, 6.07) is 15.0. The minimum Gasteiger partial charge on any atom is -0.314 e. The molecule has 38 heavy (non-hydrogen) atoms. The van der Waals surface area contributed by atoms with Crippen molar-refractivity contribution in [2.45, 2.75) is 63.1 Å². The smallest absolute Gasteiger partial charge is 0.314 e. The lowest BCUT2D eigenvalue weighted by Gasteiger charge is -2.36. The molecule has 0 radical (unpaired) electrons. The zero-order chi connectivity index (χ0) is 26.4. The van der Waals surface area contributed by atoms with Gasteiger partial charge in [-0.15, -0.1) is 12.4 Å². The molecule has 2 aliphatic rings. The van der Waals surface area contributed by atoms with Gasteiger partial charge in [-0.1, -0.05) is 37.3 Å². The monoisotopic (exact) mass is 543 g/mol. The van der Waals surface area contributed by atoms with Crippen LogP contribution >= 0.6 is 12.4 Å². The summed E-state index contributed by atoms with van der Waals surface area (Å²) in [5.74, 6) is -2.05. The third-order valence-electron chi connectivity index (χ3n) is 7.16. The normalized spacial score (nSPS) is 22.7. The summed E-state index contributed by atoms with van der Waals surface area (Å²) >= 11 is 0. The van der Waals surface area contributed by atoms with Gasteiger partial charge in [0.1, 0.15) is 17.8 Å². The number of allylic oxidation sites excluding steroid dienone is 1. The average Bonchev–Trinajstić information content (AvgIpc) is 2.91. The van der Waals surface area contributed by atoms with Crippen molar-refractivity contribution in [1.29, 1.82) is 5.26 Å². The number of amides is 3. The summed E-state index contributed by atoms with van der Waals surface area (Å²) in [5, 5.41) is 18.6. The first-order valence-corrected chi connectivity index (χ1v) is 12.6. The number of hydrogen-bond donors (Lipinski definition) is 3.